The van der Waals surface area contributed by atoms with Crippen LogP contribution in [0.1, 0.15) is 17.3 Å². The van der Waals surface area contributed by atoms with E-state index in [9.17, 15) is 9.18 Å². The lowest BCUT2D eigenvalue weighted by molar-refractivity contribution is 0.101. The van der Waals surface area contributed by atoms with Gasteiger partial charge in [0.25, 0.3) is 0 Å². The largest absolute Gasteiger partial charge is 0.294 e. The van der Waals surface area contributed by atoms with E-state index in [2.05, 4.69) is 0 Å². The van der Waals surface area contributed by atoms with E-state index in [0.29, 0.717) is 10.5 Å². The van der Waals surface area contributed by atoms with E-state index in [0.717, 1.165) is 0 Å². The zero-order valence-electron chi connectivity index (χ0n) is 7.23. The van der Waals surface area contributed by atoms with E-state index in [-0.39, 0.29) is 10.8 Å². The van der Waals surface area contributed by atoms with Gasteiger partial charge in [0.2, 0.25) is 0 Å². The first-order valence-electron chi connectivity index (χ1n) is 3.61. The maximum absolute atomic E-state index is 13.3. The molecule has 0 spiro atoms. The fraction of sp³-hybridized carbons (Fsp3) is 0.222. The number of ketones is 1. The number of carbonyl (C=O) groups is 1. The minimum absolute atomic E-state index is 0.0503. The average molecular weight is 219 g/mol. The highest BCUT2D eigenvalue weighted by atomic mass is 35.5. The van der Waals surface area contributed by atoms with Crippen molar-refractivity contribution in [1.29, 1.82) is 0 Å². The fourth-order valence-electron chi connectivity index (χ4n) is 1.01. The topological polar surface area (TPSA) is 17.1 Å². The molecule has 1 rings (SSSR count). The summed E-state index contributed by atoms with van der Waals surface area (Å²) >= 11 is 6.75. The number of carbonyl (C=O) groups excluding carboxylic acids is 1. The molecule has 0 aromatic heterocycles. The first kappa shape index (κ1) is 10.5. The van der Waals surface area contributed by atoms with E-state index in [4.69, 9.17) is 11.6 Å². The van der Waals surface area contributed by atoms with Crippen molar-refractivity contribution in [2.75, 3.05) is 6.26 Å². The van der Waals surface area contributed by atoms with Crippen LogP contribution < -0.4 is 0 Å². The van der Waals surface area contributed by atoms with Crippen LogP contribution in [0.4, 0.5) is 4.39 Å². The molecule has 0 aliphatic rings. The van der Waals surface area contributed by atoms with E-state index in [1.807, 2.05) is 0 Å². The van der Waals surface area contributed by atoms with Crippen molar-refractivity contribution >= 4 is 29.1 Å². The van der Waals surface area contributed by atoms with Gasteiger partial charge in [0.05, 0.1) is 9.92 Å². The van der Waals surface area contributed by atoms with Crippen molar-refractivity contribution in [3.05, 3.63) is 28.5 Å². The highest BCUT2D eigenvalue weighted by Crippen LogP contribution is 2.29. The summed E-state index contributed by atoms with van der Waals surface area (Å²) in [5.74, 6) is -0.665. The van der Waals surface area contributed by atoms with Crippen LogP contribution >= 0.6 is 23.4 Å². The Hall–Kier alpha value is -0.540. The van der Waals surface area contributed by atoms with Gasteiger partial charge in [-0.1, -0.05) is 11.6 Å². The lowest BCUT2D eigenvalue weighted by Crippen LogP contribution is -1.97. The molecule has 1 aromatic carbocycles. The highest BCUT2D eigenvalue weighted by molar-refractivity contribution is 7.98. The Kier molecular flexibility index (Phi) is 3.33. The SMILES string of the molecule is CSc1c(C(C)=O)ccc(Cl)c1F. The molecule has 0 atom stereocenters. The third-order valence-electron chi connectivity index (χ3n) is 1.63. The Balaban J connectivity index is 3.38. The van der Waals surface area contributed by atoms with Gasteiger partial charge in [-0.15, -0.1) is 11.8 Å². The second-order valence-electron chi connectivity index (χ2n) is 2.50. The molecule has 1 aromatic rings. The summed E-state index contributed by atoms with van der Waals surface area (Å²) in [7, 11) is 0. The van der Waals surface area contributed by atoms with Crippen LogP contribution in [0.3, 0.4) is 0 Å². The van der Waals surface area contributed by atoms with Crippen LogP contribution in [0.25, 0.3) is 0 Å². The van der Waals surface area contributed by atoms with Gasteiger partial charge in [0.1, 0.15) is 0 Å². The lowest BCUT2D eigenvalue weighted by Gasteiger charge is -2.05. The molecular weight excluding hydrogens is 211 g/mol. The predicted molar refractivity (Wildman–Crippen MR) is 53.2 cm³/mol. The quantitative estimate of drug-likeness (QED) is 0.559. The van der Waals surface area contributed by atoms with Crippen LogP contribution in [-0.4, -0.2) is 12.0 Å². The van der Waals surface area contributed by atoms with Crippen LogP contribution in [-0.2, 0) is 0 Å². The van der Waals surface area contributed by atoms with Gasteiger partial charge < -0.3 is 0 Å². The summed E-state index contributed by atoms with van der Waals surface area (Å²) in [6, 6.07) is 2.94. The molecular formula is C9H8ClFOS. The van der Waals surface area contributed by atoms with E-state index in [1.54, 1.807) is 12.3 Å². The zero-order valence-corrected chi connectivity index (χ0v) is 8.80. The van der Waals surface area contributed by atoms with Crippen molar-refractivity contribution in [2.45, 2.75) is 11.8 Å². The van der Waals surface area contributed by atoms with Crippen LogP contribution in [0.5, 0.6) is 0 Å². The number of Topliss-reactive ketones (excluding diaryl/α,β-unsaturated/α-hetero) is 1. The van der Waals surface area contributed by atoms with Crippen molar-refractivity contribution in [3.63, 3.8) is 0 Å². The summed E-state index contributed by atoms with van der Waals surface area (Å²) in [6.07, 6.45) is 1.71. The van der Waals surface area contributed by atoms with Crippen molar-refractivity contribution in [1.82, 2.24) is 0 Å². The summed E-state index contributed by atoms with van der Waals surface area (Å²) in [4.78, 5) is 11.4. The van der Waals surface area contributed by atoms with Gasteiger partial charge in [-0.2, -0.15) is 0 Å². The van der Waals surface area contributed by atoms with Gasteiger partial charge in [0, 0.05) is 5.56 Å². The maximum atomic E-state index is 13.3. The standard InChI is InChI=1S/C9H8ClFOS/c1-5(12)6-3-4-7(10)8(11)9(6)13-2/h3-4H,1-2H3. The molecule has 0 radical (unpaired) electrons. The Morgan fingerprint density at radius 2 is 2.15 bits per heavy atom. The number of halogens is 2. The van der Waals surface area contributed by atoms with Gasteiger partial charge in [0.15, 0.2) is 11.6 Å². The summed E-state index contributed by atoms with van der Waals surface area (Å²) < 4.78 is 13.3. The van der Waals surface area contributed by atoms with Gasteiger partial charge in [-0.25, -0.2) is 4.39 Å². The number of benzene rings is 1. The molecule has 0 saturated carbocycles. The van der Waals surface area contributed by atoms with Crippen LogP contribution in [0.15, 0.2) is 17.0 Å². The Labute approximate surface area is 85.3 Å². The number of hydrogen-bond donors (Lipinski definition) is 0. The molecule has 13 heavy (non-hydrogen) atoms. The summed E-state index contributed by atoms with van der Waals surface area (Å²) in [5, 5.41) is 0.0503. The van der Waals surface area contributed by atoms with Gasteiger partial charge >= 0.3 is 0 Å². The maximum Gasteiger partial charge on any atom is 0.161 e. The minimum Gasteiger partial charge on any atom is -0.294 e. The molecule has 70 valence electrons. The van der Waals surface area contributed by atoms with Crippen molar-refractivity contribution in [3.8, 4) is 0 Å². The predicted octanol–water partition coefficient (Wildman–Crippen LogP) is 3.40. The first-order valence-corrected chi connectivity index (χ1v) is 5.21. The Bertz CT molecular complexity index is 352. The monoisotopic (exact) mass is 218 g/mol. The van der Waals surface area contributed by atoms with Crippen molar-refractivity contribution in [2.24, 2.45) is 0 Å². The molecule has 0 fully saturated rings. The summed E-state index contributed by atoms with van der Waals surface area (Å²) in [6.45, 7) is 1.41. The second-order valence-corrected chi connectivity index (χ2v) is 3.72. The molecule has 0 aliphatic heterocycles. The molecule has 0 aliphatic carbocycles. The molecule has 0 N–H and O–H groups in total. The van der Waals surface area contributed by atoms with Gasteiger partial charge in [-0.3, -0.25) is 4.79 Å². The van der Waals surface area contributed by atoms with Gasteiger partial charge in [-0.05, 0) is 25.3 Å². The van der Waals surface area contributed by atoms with Crippen LogP contribution in [0, 0.1) is 5.82 Å². The molecule has 0 amide bonds. The molecule has 4 heteroatoms. The highest BCUT2D eigenvalue weighted by Gasteiger charge is 2.13. The smallest absolute Gasteiger partial charge is 0.161 e. The van der Waals surface area contributed by atoms with Crippen molar-refractivity contribution < 1.29 is 9.18 Å². The fourth-order valence-corrected chi connectivity index (χ4v) is 1.94. The minimum atomic E-state index is -0.512. The zero-order chi connectivity index (χ0) is 10.0. The number of rotatable bonds is 2. The molecule has 1 nitrogen and oxygen atoms in total. The third kappa shape index (κ3) is 2.03. The third-order valence-corrected chi connectivity index (χ3v) is 2.73. The number of hydrogen-bond acceptors (Lipinski definition) is 2. The second kappa shape index (κ2) is 4.11. The Morgan fingerprint density at radius 3 is 2.62 bits per heavy atom. The molecule has 0 bridgehead atoms. The molecule has 0 saturated heterocycles. The Morgan fingerprint density at radius 1 is 1.54 bits per heavy atom. The normalized spacial score (nSPS) is 10.2. The van der Waals surface area contributed by atoms with E-state index in [1.165, 1.54) is 24.8 Å². The molecule has 0 unspecified atom stereocenters. The first-order chi connectivity index (χ1) is 6.07. The molecule has 0 heterocycles. The summed E-state index contributed by atoms with van der Waals surface area (Å²) in [5.41, 5.74) is 0.384. The van der Waals surface area contributed by atoms with E-state index < -0.39 is 5.82 Å². The lowest BCUT2D eigenvalue weighted by atomic mass is 10.1. The number of thioether (sulfide) groups is 1. The van der Waals surface area contributed by atoms with Crippen LogP contribution in [0.2, 0.25) is 5.02 Å². The average Bonchev–Trinajstić information content (AvgIpc) is 2.09. The van der Waals surface area contributed by atoms with E-state index >= 15 is 0 Å².